The van der Waals surface area contributed by atoms with Gasteiger partial charge in [-0.3, -0.25) is 9.59 Å². The van der Waals surface area contributed by atoms with E-state index in [0.29, 0.717) is 23.7 Å². The Morgan fingerprint density at radius 3 is 2.56 bits per heavy atom. The van der Waals surface area contributed by atoms with Gasteiger partial charge < -0.3 is 20.1 Å². The first-order chi connectivity index (χ1) is 17.4. The van der Waals surface area contributed by atoms with Crippen LogP contribution in [0.4, 0.5) is 14.9 Å². The number of hydrogen-bond donors (Lipinski definition) is 2. The van der Waals surface area contributed by atoms with Crippen molar-refractivity contribution in [2.24, 2.45) is 0 Å². The highest BCUT2D eigenvalue weighted by molar-refractivity contribution is 14.1. The smallest absolute Gasteiger partial charge is 0.329 e. The maximum Gasteiger partial charge on any atom is 0.329 e. The normalized spacial score (nSPS) is 14.1. The number of hydrogen-bond acceptors (Lipinski definition) is 5. The molecule has 3 aromatic carbocycles. The zero-order chi connectivity index (χ0) is 25.7. The lowest BCUT2D eigenvalue weighted by atomic mass is 10.1. The molecule has 0 bridgehead atoms. The van der Waals surface area contributed by atoms with Gasteiger partial charge >= 0.3 is 6.03 Å². The molecule has 1 fully saturated rings. The number of amides is 4. The van der Waals surface area contributed by atoms with E-state index >= 15 is 0 Å². The number of imide groups is 1. The topological polar surface area (TPSA) is 97.0 Å². The first kappa shape index (κ1) is 25.2. The standard InChI is InChI=1S/C26H21FIN3O5/c1-35-22-13-17(11-19(28)24(22)36-15-16-7-3-2-4-8-16)12-21-25(33)31(26(34)30-21)14-23(32)29-20-10-6-5-9-18(20)27/h2-13H,14-15H2,1H3,(H,29,32)(H,30,34)/b21-12+. The van der Waals surface area contributed by atoms with Gasteiger partial charge in [0.05, 0.1) is 16.4 Å². The van der Waals surface area contributed by atoms with Crippen LogP contribution in [0.1, 0.15) is 11.1 Å². The van der Waals surface area contributed by atoms with Crippen molar-refractivity contribution in [3.63, 3.8) is 0 Å². The van der Waals surface area contributed by atoms with E-state index in [0.717, 1.165) is 14.0 Å². The van der Waals surface area contributed by atoms with Crippen molar-refractivity contribution >= 4 is 52.2 Å². The summed E-state index contributed by atoms with van der Waals surface area (Å²) >= 11 is 2.11. The molecule has 1 heterocycles. The van der Waals surface area contributed by atoms with Crippen molar-refractivity contribution < 1.29 is 28.2 Å². The third-order valence-electron chi connectivity index (χ3n) is 5.20. The Morgan fingerprint density at radius 2 is 1.83 bits per heavy atom. The highest BCUT2D eigenvalue weighted by Crippen LogP contribution is 2.35. The van der Waals surface area contributed by atoms with Crippen LogP contribution in [-0.2, 0) is 16.2 Å². The number of rotatable bonds is 8. The maximum atomic E-state index is 13.8. The summed E-state index contributed by atoms with van der Waals surface area (Å²) < 4.78 is 26.0. The van der Waals surface area contributed by atoms with Crippen LogP contribution in [0.3, 0.4) is 0 Å². The molecule has 2 N–H and O–H groups in total. The third-order valence-corrected chi connectivity index (χ3v) is 6.00. The van der Waals surface area contributed by atoms with Crippen molar-refractivity contribution in [1.29, 1.82) is 0 Å². The third kappa shape index (κ3) is 5.82. The number of carbonyl (C=O) groups is 3. The molecule has 0 spiro atoms. The first-order valence-electron chi connectivity index (χ1n) is 10.8. The lowest BCUT2D eigenvalue weighted by molar-refractivity contribution is -0.127. The highest BCUT2D eigenvalue weighted by atomic mass is 127. The molecule has 0 radical (unpaired) electrons. The Hall–Kier alpha value is -3.93. The second kappa shape index (κ2) is 11.2. The summed E-state index contributed by atoms with van der Waals surface area (Å²) in [5.41, 5.74) is 1.54. The van der Waals surface area contributed by atoms with E-state index < -0.39 is 30.2 Å². The Kier molecular flexibility index (Phi) is 7.84. The molecule has 0 saturated carbocycles. The number of methoxy groups -OCH3 is 1. The molecule has 10 heteroatoms. The molecule has 3 aromatic rings. The summed E-state index contributed by atoms with van der Waals surface area (Å²) in [4.78, 5) is 38.2. The van der Waals surface area contributed by atoms with E-state index in [4.69, 9.17) is 9.47 Å². The number of urea groups is 1. The van der Waals surface area contributed by atoms with Gasteiger partial charge in [0.2, 0.25) is 5.91 Å². The van der Waals surface area contributed by atoms with Gasteiger partial charge in [0, 0.05) is 0 Å². The molecule has 36 heavy (non-hydrogen) atoms. The minimum absolute atomic E-state index is 0.00509. The average Bonchev–Trinajstić information content (AvgIpc) is 3.12. The second-order valence-corrected chi connectivity index (χ2v) is 8.88. The zero-order valence-electron chi connectivity index (χ0n) is 19.1. The molecular formula is C26H21FIN3O5. The van der Waals surface area contributed by atoms with E-state index in [1.165, 1.54) is 31.4 Å². The molecular weight excluding hydrogens is 580 g/mol. The lowest BCUT2D eigenvalue weighted by Gasteiger charge is -2.14. The van der Waals surface area contributed by atoms with E-state index in [2.05, 4.69) is 33.2 Å². The maximum absolute atomic E-state index is 13.8. The van der Waals surface area contributed by atoms with Crippen LogP contribution in [0.5, 0.6) is 11.5 Å². The van der Waals surface area contributed by atoms with Gasteiger partial charge in [-0.25, -0.2) is 14.1 Å². The molecule has 0 unspecified atom stereocenters. The minimum Gasteiger partial charge on any atom is -0.493 e. The van der Waals surface area contributed by atoms with Gasteiger partial charge in [-0.05, 0) is 64.1 Å². The van der Waals surface area contributed by atoms with E-state index in [9.17, 15) is 18.8 Å². The molecule has 1 aliphatic rings. The average molecular weight is 601 g/mol. The molecule has 0 aliphatic carbocycles. The predicted molar refractivity (Wildman–Crippen MR) is 140 cm³/mol. The largest absolute Gasteiger partial charge is 0.493 e. The van der Waals surface area contributed by atoms with Crippen molar-refractivity contribution in [3.8, 4) is 11.5 Å². The fourth-order valence-electron chi connectivity index (χ4n) is 3.47. The molecule has 4 amide bonds. The Labute approximate surface area is 220 Å². The van der Waals surface area contributed by atoms with Crippen LogP contribution < -0.4 is 20.1 Å². The number of nitrogens with one attached hydrogen (secondary N) is 2. The van der Waals surface area contributed by atoms with Crippen LogP contribution in [0.25, 0.3) is 6.08 Å². The number of ether oxygens (including phenoxy) is 2. The first-order valence-corrected chi connectivity index (χ1v) is 11.9. The number of halogens is 2. The monoisotopic (exact) mass is 601 g/mol. The number of nitrogens with zero attached hydrogens (tertiary/aromatic N) is 1. The number of carbonyl (C=O) groups excluding carboxylic acids is 3. The van der Waals surface area contributed by atoms with Crippen LogP contribution in [0, 0.1) is 9.39 Å². The molecule has 1 saturated heterocycles. The van der Waals surface area contributed by atoms with Crippen molar-refractivity contribution in [2.45, 2.75) is 6.61 Å². The van der Waals surface area contributed by atoms with E-state index in [-0.39, 0.29) is 11.4 Å². The zero-order valence-corrected chi connectivity index (χ0v) is 21.2. The molecule has 0 aromatic heterocycles. The van der Waals surface area contributed by atoms with Crippen LogP contribution in [0.15, 0.2) is 72.4 Å². The van der Waals surface area contributed by atoms with Gasteiger partial charge in [0.15, 0.2) is 11.5 Å². The van der Waals surface area contributed by atoms with Gasteiger partial charge in [-0.15, -0.1) is 0 Å². The Bertz CT molecular complexity index is 1350. The van der Waals surface area contributed by atoms with Gasteiger partial charge in [-0.2, -0.15) is 0 Å². The summed E-state index contributed by atoms with van der Waals surface area (Å²) in [5, 5.41) is 4.83. The predicted octanol–water partition coefficient (Wildman–Crippen LogP) is 4.55. The molecule has 1 aliphatic heterocycles. The quantitative estimate of drug-likeness (QED) is 0.225. The second-order valence-electron chi connectivity index (χ2n) is 7.72. The minimum atomic E-state index is -0.751. The van der Waals surface area contributed by atoms with E-state index in [1.807, 2.05) is 30.3 Å². The summed E-state index contributed by atoms with van der Waals surface area (Å²) in [5.74, 6) is -0.994. The molecule has 4 rings (SSSR count). The fraction of sp³-hybridized carbons (Fsp3) is 0.115. The van der Waals surface area contributed by atoms with Gasteiger partial charge in [-0.1, -0.05) is 42.5 Å². The Balaban J connectivity index is 1.47. The van der Waals surface area contributed by atoms with Crippen LogP contribution in [-0.4, -0.2) is 36.4 Å². The fourth-order valence-corrected chi connectivity index (χ4v) is 4.25. The van der Waals surface area contributed by atoms with Crippen molar-refractivity contribution in [1.82, 2.24) is 10.2 Å². The molecule has 8 nitrogen and oxygen atoms in total. The van der Waals surface area contributed by atoms with Crippen molar-refractivity contribution in [2.75, 3.05) is 19.0 Å². The summed E-state index contributed by atoms with van der Waals surface area (Å²) in [7, 11) is 1.51. The summed E-state index contributed by atoms with van der Waals surface area (Å²) in [6.07, 6.45) is 1.49. The SMILES string of the molecule is COc1cc(/C=C2/NC(=O)N(CC(=O)Nc3ccccc3F)C2=O)cc(I)c1OCc1ccccc1. The van der Waals surface area contributed by atoms with Gasteiger partial charge in [0.1, 0.15) is 24.7 Å². The van der Waals surface area contributed by atoms with Crippen molar-refractivity contribution in [3.05, 3.63) is 92.9 Å². The summed E-state index contributed by atoms with van der Waals surface area (Å²) in [6.45, 7) is -0.213. The number of benzene rings is 3. The molecule has 184 valence electrons. The lowest BCUT2D eigenvalue weighted by Crippen LogP contribution is -2.38. The number of anilines is 1. The van der Waals surface area contributed by atoms with Gasteiger partial charge in [0.25, 0.3) is 5.91 Å². The van der Waals surface area contributed by atoms with E-state index in [1.54, 1.807) is 18.2 Å². The highest BCUT2D eigenvalue weighted by Gasteiger charge is 2.35. The molecule has 0 atom stereocenters. The van der Waals surface area contributed by atoms with Crippen LogP contribution >= 0.6 is 22.6 Å². The summed E-state index contributed by atoms with van der Waals surface area (Å²) in [6, 6.07) is 18.0. The van der Waals surface area contributed by atoms with Crippen LogP contribution in [0.2, 0.25) is 0 Å². The number of para-hydroxylation sites is 1. The Morgan fingerprint density at radius 1 is 1.11 bits per heavy atom.